The van der Waals surface area contributed by atoms with Gasteiger partial charge in [0.15, 0.2) is 17.2 Å². The SMILES string of the molecule is Cc1cc(Oc2ncnc3c2cnn3C)c(F)cc1N. The smallest absolute Gasteiger partial charge is 0.233 e. The molecule has 0 aliphatic heterocycles. The number of hydrogen-bond donors (Lipinski definition) is 1. The summed E-state index contributed by atoms with van der Waals surface area (Å²) < 4.78 is 21.0. The minimum Gasteiger partial charge on any atom is -0.435 e. The van der Waals surface area contributed by atoms with Crippen LogP contribution in [-0.4, -0.2) is 19.7 Å². The average Bonchev–Trinajstić information content (AvgIpc) is 2.79. The Morgan fingerprint density at radius 1 is 1.30 bits per heavy atom. The summed E-state index contributed by atoms with van der Waals surface area (Å²) in [6.07, 6.45) is 2.92. The molecule has 2 N–H and O–H groups in total. The second kappa shape index (κ2) is 4.44. The Bertz CT molecular complexity index is 799. The minimum absolute atomic E-state index is 0.0700. The van der Waals surface area contributed by atoms with Crippen LogP contribution in [0.5, 0.6) is 11.6 Å². The molecule has 0 unspecified atom stereocenters. The van der Waals surface area contributed by atoms with Gasteiger partial charge in [-0.15, -0.1) is 0 Å². The fourth-order valence-corrected chi connectivity index (χ4v) is 1.87. The first-order valence-electron chi connectivity index (χ1n) is 5.92. The molecule has 3 aromatic rings. The minimum atomic E-state index is -0.538. The van der Waals surface area contributed by atoms with Gasteiger partial charge >= 0.3 is 0 Å². The van der Waals surface area contributed by atoms with Crippen LogP contribution in [0.2, 0.25) is 0 Å². The zero-order chi connectivity index (χ0) is 14.3. The lowest BCUT2D eigenvalue weighted by Crippen LogP contribution is -1.97. The second-order valence-electron chi connectivity index (χ2n) is 4.43. The van der Waals surface area contributed by atoms with Gasteiger partial charge in [0.2, 0.25) is 5.88 Å². The molecule has 7 heteroatoms. The van der Waals surface area contributed by atoms with Gasteiger partial charge in [0, 0.05) is 18.8 Å². The summed E-state index contributed by atoms with van der Waals surface area (Å²) in [5, 5.41) is 4.69. The van der Waals surface area contributed by atoms with E-state index in [0.717, 1.165) is 5.56 Å². The fourth-order valence-electron chi connectivity index (χ4n) is 1.87. The molecule has 2 aromatic heterocycles. The second-order valence-corrected chi connectivity index (χ2v) is 4.43. The van der Waals surface area contributed by atoms with Crippen molar-refractivity contribution in [3.63, 3.8) is 0 Å². The Hall–Kier alpha value is -2.70. The maximum atomic E-state index is 13.9. The molecule has 102 valence electrons. The number of nitrogens with zero attached hydrogens (tertiary/aromatic N) is 4. The summed E-state index contributed by atoms with van der Waals surface area (Å²) in [7, 11) is 1.76. The molecule has 3 rings (SSSR count). The van der Waals surface area contributed by atoms with Crippen molar-refractivity contribution in [1.82, 2.24) is 19.7 Å². The molecule has 1 aromatic carbocycles. The predicted octanol–water partition coefficient (Wildman–Crippen LogP) is 2.19. The lowest BCUT2D eigenvalue weighted by Gasteiger charge is -2.08. The molecular formula is C13H12FN5O. The Labute approximate surface area is 114 Å². The Morgan fingerprint density at radius 3 is 2.90 bits per heavy atom. The number of rotatable bonds is 2. The number of aryl methyl sites for hydroxylation is 2. The Balaban J connectivity index is 2.08. The van der Waals surface area contributed by atoms with Crippen LogP contribution in [0.1, 0.15) is 5.56 Å². The molecule has 2 heterocycles. The number of ether oxygens (including phenoxy) is 1. The number of nitrogens with two attached hydrogens (primary N) is 1. The Kier molecular flexibility index (Phi) is 2.74. The van der Waals surface area contributed by atoms with Crippen LogP contribution in [0.4, 0.5) is 10.1 Å². The quantitative estimate of drug-likeness (QED) is 0.724. The van der Waals surface area contributed by atoms with Crippen molar-refractivity contribution >= 4 is 16.7 Å². The highest BCUT2D eigenvalue weighted by Gasteiger charge is 2.13. The van der Waals surface area contributed by atoms with E-state index >= 15 is 0 Å². The summed E-state index contributed by atoms with van der Waals surface area (Å²) in [4.78, 5) is 8.12. The zero-order valence-electron chi connectivity index (χ0n) is 11.0. The topological polar surface area (TPSA) is 78.9 Å². The molecule has 0 fully saturated rings. The molecule has 0 atom stereocenters. The third kappa shape index (κ3) is 1.93. The van der Waals surface area contributed by atoms with Gasteiger partial charge in [-0.25, -0.2) is 14.4 Å². The van der Waals surface area contributed by atoms with Gasteiger partial charge in [0.05, 0.1) is 6.20 Å². The van der Waals surface area contributed by atoms with Gasteiger partial charge in [0.1, 0.15) is 11.7 Å². The summed E-state index contributed by atoms with van der Waals surface area (Å²) >= 11 is 0. The Morgan fingerprint density at radius 2 is 2.10 bits per heavy atom. The lowest BCUT2D eigenvalue weighted by atomic mass is 10.2. The first-order chi connectivity index (χ1) is 9.56. The third-order valence-corrected chi connectivity index (χ3v) is 3.02. The van der Waals surface area contributed by atoms with Gasteiger partial charge in [-0.2, -0.15) is 5.10 Å². The third-order valence-electron chi connectivity index (χ3n) is 3.02. The molecule has 0 radical (unpaired) electrons. The standard InChI is InChI=1S/C13H12FN5O/c1-7-3-11(9(14)4-10(7)15)20-13-8-5-18-19(2)12(8)16-6-17-13/h3-6H,15H2,1-2H3. The molecule has 0 aliphatic rings. The van der Waals surface area contributed by atoms with E-state index in [1.807, 2.05) is 0 Å². The molecule has 6 nitrogen and oxygen atoms in total. The fraction of sp³-hybridized carbons (Fsp3) is 0.154. The number of anilines is 1. The maximum Gasteiger partial charge on any atom is 0.233 e. The average molecular weight is 273 g/mol. The van der Waals surface area contributed by atoms with Crippen molar-refractivity contribution in [2.24, 2.45) is 7.05 Å². The van der Waals surface area contributed by atoms with E-state index in [1.165, 1.54) is 18.5 Å². The normalized spacial score (nSPS) is 10.9. The highest BCUT2D eigenvalue weighted by Crippen LogP contribution is 2.30. The lowest BCUT2D eigenvalue weighted by molar-refractivity contribution is 0.431. The van der Waals surface area contributed by atoms with Crippen molar-refractivity contribution < 1.29 is 9.13 Å². The first-order valence-corrected chi connectivity index (χ1v) is 5.92. The predicted molar refractivity (Wildman–Crippen MR) is 71.9 cm³/mol. The highest BCUT2D eigenvalue weighted by molar-refractivity contribution is 5.79. The van der Waals surface area contributed by atoms with Gasteiger partial charge in [-0.05, 0) is 18.6 Å². The monoisotopic (exact) mass is 273 g/mol. The summed E-state index contributed by atoms with van der Waals surface area (Å²) in [5.74, 6) is -0.213. The van der Waals surface area contributed by atoms with E-state index in [-0.39, 0.29) is 11.6 Å². The number of aromatic nitrogens is 4. The van der Waals surface area contributed by atoms with Crippen LogP contribution in [0.25, 0.3) is 11.0 Å². The van der Waals surface area contributed by atoms with Gasteiger partial charge < -0.3 is 10.5 Å². The van der Waals surface area contributed by atoms with Crippen molar-refractivity contribution in [2.75, 3.05) is 5.73 Å². The van der Waals surface area contributed by atoms with E-state index in [0.29, 0.717) is 16.7 Å². The molecule has 0 saturated carbocycles. The van der Waals surface area contributed by atoms with Crippen LogP contribution in [0.15, 0.2) is 24.7 Å². The van der Waals surface area contributed by atoms with E-state index in [4.69, 9.17) is 10.5 Å². The van der Waals surface area contributed by atoms with Crippen LogP contribution >= 0.6 is 0 Å². The number of halogens is 1. The van der Waals surface area contributed by atoms with Crippen LogP contribution < -0.4 is 10.5 Å². The molecule has 0 amide bonds. The van der Waals surface area contributed by atoms with Crippen LogP contribution in [0.3, 0.4) is 0 Å². The van der Waals surface area contributed by atoms with Crippen molar-refractivity contribution in [3.05, 3.63) is 36.0 Å². The zero-order valence-corrected chi connectivity index (χ0v) is 11.0. The largest absolute Gasteiger partial charge is 0.435 e. The van der Waals surface area contributed by atoms with Crippen molar-refractivity contribution in [1.29, 1.82) is 0 Å². The van der Waals surface area contributed by atoms with E-state index < -0.39 is 5.82 Å². The number of hydrogen-bond acceptors (Lipinski definition) is 5. The first kappa shape index (κ1) is 12.3. The molecule has 0 saturated heterocycles. The summed E-state index contributed by atoms with van der Waals surface area (Å²) in [5.41, 5.74) is 7.37. The number of fused-ring (bicyclic) bond motifs is 1. The van der Waals surface area contributed by atoms with Gasteiger partial charge in [-0.3, -0.25) is 4.68 Å². The molecule has 0 aliphatic carbocycles. The van der Waals surface area contributed by atoms with Crippen LogP contribution in [0, 0.1) is 12.7 Å². The van der Waals surface area contributed by atoms with Gasteiger partial charge in [-0.1, -0.05) is 0 Å². The maximum absolute atomic E-state index is 13.9. The molecular weight excluding hydrogens is 261 g/mol. The number of nitrogen functional groups attached to an aromatic ring is 1. The van der Waals surface area contributed by atoms with Crippen molar-refractivity contribution in [2.45, 2.75) is 6.92 Å². The van der Waals surface area contributed by atoms with Crippen LogP contribution in [-0.2, 0) is 7.05 Å². The summed E-state index contributed by atoms with van der Waals surface area (Å²) in [6.45, 7) is 1.78. The molecule has 0 bridgehead atoms. The van der Waals surface area contributed by atoms with E-state index in [1.54, 1.807) is 24.9 Å². The van der Waals surface area contributed by atoms with E-state index in [9.17, 15) is 4.39 Å². The summed E-state index contributed by atoms with van der Waals surface area (Å²) in [6, 6.07) is 2.77. The number of benzene rings is 1. The molecule has 0 spiro atoms. The van der Waals surface area contributed by atoms with Crippen molar-refractivity contribution in [3.8, 4) is 11.6 Å². The molecule has 20 heavy (non-hydrogen) atoms. The van der Waals surface area contributed by atoms with Gasteiger partial charge in [0.25, 0.3) is 0 Å². The van der Waals surface area contributed by atoms with E-state index in [2.05, 4.69) is 15.1 Å². The highest BCUT2D eigenvalue weighted by atomic mass is 19.1.